The second-order valence-electron chi connectivity index (χ2n) is 11.6. The van der Waals surface area contributed by atoms with Crippen molar-refractivity contribution in [3.05, 3.63) is 40.2 Å². The first-order chi connectivity index (χ1) is 19.7. The molecule has 2 aliphatic heterocycles. The summed E-state index contributed by atoms with van der Waals surface area (Å²) in [6, 6.07) is 5.08. The number of aromatic nitrogens is 2. The summed E-state index contributed by atoms with van der Waals surface area (Å²) in [5.41, 5.74) is 8.26. The third-order valence-corrected chi connectivity index (χ3v) is 8.35. The number of alkyl halides is 3. The molecule has 3 N–H and O–H groups in total. The van der Waals surface area contributed by atoms with E-state index in [0.717, 1.165) is 6.42 Å². The van der Waals surface area contributed by atoms with Crippen LogP contribution in [-0.4, -0.2) is 77.4 Å². The van der Waals surface area contributed by atoms with Crippen molar-refractivity contribution < 1.29 is 27.8 Å². The number of ketones is 1. The van der Waals surface area contributed by atoms with Crippen molar-refractivity contribution in [2.75, 3.05) is 44.2 Å². The Labute approximate surface area is 249 Å². The highest BCUT2D eigenvalue weighted by atomic mass is 35.5. The largest absolute Gasteiger partial charge is 0.491 e. The number of benzene rings is 1. The van der Waals surface area contributed by atoms with Crippen LogP contribution in [0.3, 0.4) is 0 Å². The third kappa shape index (κ3) is 7.36. The predicted octanol–water partition coefficient (Wildman–Crippen LogP) is 5.39. The summed E-state index contributed by atoms with van der Waals surface area (Å²) in [5, 5.41) is 10.5. The minimum absolute atomic E-state index is 0.0897. The lowest BCUT2D eigenvalue weighted by Gasteiger charge is -2.55. The van der Waals surface area contributed by atoms with E-state index in [4.69, 9.17) is 32.0 Å². The van der Waals surface area contributed by atoms with Gasteiger partial charge in [0.2, 0.25) is 0 Å². The lowest BCUT2D eigenvalue weighted by Crippen LogP contribution is -2.61. The average molecular weight is 610 g/mol. The zero-order valence-corrected chi connectivity index (χ0v) is 25.3. The van der Waals surface area contributed by atoms with Crippen LogP contribution in [0, 0.1) is 12.3 Å². The van der Waals surface area contributed by atoms with Gasteiger partial charge in [0, 0.05) is 35.3 Å². The van der Waals surface area contributed by atoms with Gasteiger partial charge in [-0.25, -0.2) is 9.97 Å². The molecule has 2 saturated heterocycles. The zero-order chi connectivity index (χ0) is 30.8. The number of halogens is 4. The van der Waals surface area contributed by atoms with Crippen LogP contribution in [0.1, 0.15) is 57.7 Å². The molecule has 0 amide bonds. The van der Waals surface area contributed by atoms with Crippen LogP contribution in [0.4, 0.5) is 19.0 Å². The third-order valence-electron chi connectivity index (χ3n) is 8.02. The molecule has 0 unspecified atom stereocenters. The first kappa shape index (κ1) is 32.0. The van der Waals surface area contributed by atoms with Gasteiger partial charge in [0.25, 0.3) is 0 Å². The SMILES string of the molecule is CCC[C@@H](O)COc1ccc(Cl)c(-c2nc(C(C(C)=O)=C(C)N)c(C)c(N3CC4(CCN(CC(F)(F)F)CC4)C3)n2)c1. The number of hydrogen-bond acceptors (Lipinski definition) is 8. The monoisotopic (exact) mass is 609 g/mol. The molecule has 42 heavy (non-hydrogen) atoms. The molecule has 2 aliphatic rings. The zero-order valence-electron chi connectivity index (χ0n) is 24.5. The van der Waals surface area contributed by atoms with Crippen LogP contribution < -0.4 is 15.4 Å². The first-order valence-corrected chi connectivity index (χ1v) is 14.6. The number of aliphatic hydroxyl groups excluding tert-OH is 1. The fourth-order valence-corrected chi connectivity index (χ4v) is 6.05. The van der Waals surface area contributed by atoms with Crippen LogP contribution in [0.5, 0.6) is 5.75 Å². The van der Waals surface area contributed by atoms with Gasteiger partial charge >= 0.3 is 6.18 Å². The van der Waals surface area contributed by atoms with Gasteiger partial charge in [0.05, 0.1) is 28.9 Å². The van der Waals surface area contributed by atoms with E-state index in [0.29, 0.717) is 90.1 Å². The van der Waals surface area contributed by atoms with Gasteiger partial charge in [-0.15, -0.1) is 0 Å². The smallest absolute Gasteiger partial charge is 0.401 e. The van der Waals surface area contributed by atoms with Gasteiger partial charge in [0.1, 0.15) is 18.2 Å². The molecule has 0 aliphatic carbocycles. The summed E-state index contributed by atoms with van der Waals surface area (Å²) in [7, 11) is 0. The molecule has 230 valence electrons. The number of nitrogens with two attached hydrogens (primary N) is 1. The summed E-state index contributed by atoms with van der Waals surface area (Å²) in [5.74, 6) is 1.16. The molecule has 12 heteroatoms. The fraction of sp³-hybridized carbons (Fsp3) is 0.567. The van der Waals surface area contributed by atoms with Crippen LogP contribution in [-0.2, 0) is 4.79 Å². The van der Waals surface area contributed by atoms with Gasteiger partial charge in [-0.1, -0.05) is 24.9 Å². The molecule has 0 saturated carbocycles. The molecule has 0 bridgehead atoms. The molecule has 4 rings (SSSR count). The van der Waals surface area contributed by atoms with E-state index in [1.54, 1.807) is 25.1 Å². The van der Waals surface area contributed by atoms with E-state index < -0.39 is 18.8 Å². The van der Waals surface area contributed by atoms with Gasteiger partial charge < -0.3 is 20.5 Å². The number of nitrogens with zero attached hydrogens (tertiary/aromatic N) is 4. The van der Waals surface area contributed by atoms with E-state index in [1.165, 1.54) is 11.8 Å². The van der Waals surface area contributed by atoms with Crippen molar-refractivity contribution in [1.29, 1.82) is 0 Å². The number of carbonyl (C=O) groups excluding carboxylic acids is 1. The first-order valence-electron chi connectivity index (χ1n) is 14.2. The molecule has 1 atom stereocenters. The molecular formula is C30H39ClF3N5O3. The van der Waals surface area contributed by atoms with E-state index in [1.807, 2.05) is 13.8 Å². The number of Topliss-reactive ketones (excluding diaryl/α,β-unsaturated/α-hetero) is 1. The summed E-state index contributed by atoms with van der Waals surface area (Å²) >= 11 is 6.61. The van der Waals surface area contributed by atoms with Gasteiger partial charge in [-0.3, -0.25) is 9.69 Å². The van der Waals surface area contributed by atoms with Crippen LogP contribution in [0.15, 0.2) is 23.9 Å². The molecular weight excluding hydrogens is 571 g/mol. The Kier molecular flexibility index (Phi) is 9.74. The minimum atomic E-state index is -4.21. The van der Waals surface area contributed by atoms with Crippen LogP contribution in [0.2, 0.25) is 5.02 Å². The lowest BCUT2D eigenvalue weighted by molar-refractivity contribution is -0.151. The summed E-state index contributed by atoms with van der Waals surface area (Å²) in [6.45, 7) is 8.20. The molecule has 2 fully saturated rings. The second-order valence-corrected chi connectivity index (χ2v) is 12.0. The Morgan fingerprint density at radius 1 is 1.21 bits per heavy atom. The van der Waals surface area contributed by atoms with Crippen LogP contribution in [0.25, 0.3) is 17.0 Å². The van der Waals surface area contributed by atoms with Gasteiger partial charge in [-0.2, -0.15) is 13.2 Å². The van der Waals surface area contributed by atoms with Crippen LogP contribution >= 0.6 is 11.6 Å². The second kappa shape index (κ2) is 12.8. The van der Waals surface area contributed by atoms with E-state index >= 15 is 0 Å². The molecule has 2 aromatic rings. The Balaban J connectivity index is 1.66. The van der Waals surface area contributed by atoms with Gasteiger partial charge in [-0.05, 0) is 71.3 Å². The number of piperidine rings is 1. The summed E-state index contributed by atoms with van der Waals surface area (Å²) in [4.78, 5) is 25.9. The maximum Gasteiger partial charge on any atom is 0.401 e. The minimum Gasteiger partial charge on any atom is -0.491 e. The Morgan fingerprint density at radius 3 is 2.45 bits per heavy atom. The summed E-state index contributed by atoms with van der Waals surface area (Å²) < 4.78 is 44.5. The van der Waals surface area contributed by atoms with E-state index in [9.17, 15) is 23.1 Å². The fourth-order valence-electron chi connectivity index (χ4n) is 5.85. The number of carbonyl (C=O) groups is 1. The number of likely N-dealkylation sites (tertiary alicyclic amines) is 1. The van der Waals surface area contributed by atoms with Crippen molar-refractivity contribution in [2.45, 2.75) is 65.7 Å². The lowest BCUT2D eigenvalue weighted by atomic mass is 9.72. The molecule has 1 spiro atoms. The Bertz CT molecular complexity index is 1330. The quantitative estimate of drug-likeness (QED) is 0.346. The molecule has 3 heterocycles. The maximum absolute atomic E-state index is 12.9. The highest BCUT2D eigenvalue weighted by molar-refractivity contribution is 6.33. The molecule has 0 radical (unpaired) electrons. The van der Waals surface area contributed by atoms with Crippen molar-refractivity contribution in [1.82, 2.24) is 14.9 Å². The molecule has 1 aromatic heterocycles. The maximum atomic E-state index is 12.9. The number of ether oxygens (including phenoxy) is 1. The molecule has 8 nitrogen and oxygen atoms in total. The number of anilines is 1. The predicted molar refractivity (Wildman–Crippen MR) is 157 cm³/mol. The van der Waals surface area contributed by atoms with Crippen molar-refractivity contribution in [3.8, 4) is 17.1 Å². The standard InChI is InChI=1S/C30H39ClF3N5O3/c1-5-6-21(41)14-42-22-7-8-24(31)23(13-22)27-36-26(25(19(3)35)20(4)40)18(2)28(37-27)39-15-29(16-39)9-11-38(12-10-29)17-30(32,33)34/h7-8,13,21,41H,5-6,9-12,14-17,35H2,1-4H3/t21-/m1/s1. The Morgan fingerprint density at radius 2 is 1.88 bits per heavy atom. The van der Waals surface area contributed by atoms with Gasteiger partial charge in [0.15, 0.2) is 11.6 Å². The number of aliphatic hydroxyl groups is 1. The van der Waals surface area contributed by atoms with Crippen molar-refractivity contribution >= 4 is 28.8 Å². The summed E-state index contributed by atoms with van der Waals surface area (Å²) in [6.07, 6.45) is -2.03. The van der Waals surface area contributed by atoms with E-state index in [-0.39, 0.29) is 23.6 Å². The number of allylic oxidation sites excluding steroid dienone is 2. The highest BCUT2D eigenvalue weighted by Gasteiger charge is 2.47. The highest BCUT2D eigenvalue weighted by Crippen LogP contribution is 2.44. The van der Waals surface area contributed by atoms with E-state index in [2.05, 4.69) is 4.90 Å². The van der Waals surface area contributed by atoms with Crippen molar-refractivity contribution in [3.63, 3.8) is 0 Å². The number of rotatable bonds is 10. The Hall–Kier alpha value is -2.89. The number of hydrogen-bond donors (Lipinski definition) is 2. The molecule has 1 aromatic carbocycles. The topological polar surface area (TPSA) is 105 Å². The van der Waals surface area contributed by atoms with Crippen molar-refractivity contribution in [2.24, 2.45) is 11.1 Å². The normalized spacial score (nSPS) is 18.5. The average Bonchev–Trinajstić information content (AvgIpc) is 2.88.